The van der Waals surface area contributed by atoms with Crippen LogP contribution in [0.15, 0.2) is 32.5 Å². The second-order valence-electron chi connectivity index (χ2n) is 7.60. The zero-order valence-electron chi connectivity index (χ0n) is 15.7. The van der Waals surface area contributed by atoms with Gasteiger partial charge in [0.25, 0.3) is 11.1 Å². The first kappa shape index (κ1) is 19.0. The Morgan fingerprint density at radius 2 is 2.08 bits per heavy atom. The fraction of sp³-hybridized carbons (Fsp3) is 0.632. The molecule has 1 N–H and O–H groups in total. The Morgan fingerprint density at radius 1 is 1.31 bits per heavy atom. The van der Waals surface area contributed by atoms with Crippen molar-refractivity contribution in [3.63, 3.8) is 0 Å². The highest BCUT2D eigenvalue weighted by molar-refractivity contribution is 7.99. The predicted molar refractivity (Wildman–Crippen MR) is 101 cm³/mol. The van der Waals surface area contributed by atoms with E-state index in [1.54, 1.807) is 18.4 Å². The fourth-order valence-electron chi connectivity index (χ4n) is 3.47. The number of rotatable bonds is 7. The van der Waals surface area contributed by atoms with Gasteiger partial charge < -0.3 is 14.2 Å². The van der Waals surface area contributed by atoms with E-state index < -0.39 is 0 Å². The molecule has 0 aliphatic heterocycles. The Hall–Kier alpha value is -1.76. The van der Waals surface area contributed by atoms with Crippen molar-refractivity contribution in [2.24, 2.45) is 11.3 Å². The second-order valence-corrected chi connectivity index (χ2v) is 8.52. The lowest BCUT2D eigenvalue weighted by molar-refractivity contribution is -0.119. The minimum absolute atomic E-state index is 0.0194. The SMILES string of the molecule is CCC(C)(C)C1CCC(NC(=O)CSc2nnc(-c3ccco3)o2)CC1. The van der Waals surface area contributed by atoms with Crippen LogP contribution in [0.3, 0.4) is 0 Å². The third-order valence-corrected chi connectivity index (χ3v) is 6.39. The molecule has 1 fully saturated rings. The van der Waals surface area contributed by atoms with Gasteiger partial charge in [-0.1, -0.05) is 39.0 Å². The van der Waals surface area contributed by atoms with Crippen molar-refractivity contribution in [3.8, 4) is 11.7 Å². The molecule has 0 radical (unpaired) electrons. The van der Waals surface area contributed by atoms with E-state index in [-0.39, 0.29) is 17.7 Å². The average Bonchev–Trinajstić information content (AvgIpc) is 3.32. The van der Waals surface area contributed by atoms with Gasteiger partial charge in [-0.05, 0) is 49.1 Å². The lowest BCUT2D eigenvalue weighted by Crippen LogP contribution is -2.40. The number of furan rings is 1. The molecule has 1 amide bonds. The van der Waals surface area contributed by atoms with Crippen LogP contribution in [0.1, 0.15) is 52.9 Å². The van der Waals surface area contributed by atoms with Gasteiger partial charge in [0.2, 0.25) is 5.91 Å². The molecule has 142 valence electrons. The highest BCUT2D eigenvalue weighted by atomic mass is 32.2. The van der Waals surface area contributed by atoms with Crippen molar-refractivity contribution in [1.82, 2.24) is 15.5 Å². The molecule has 1 saturated carbocycles. The van der Waals surface area contributed by atoms with E-state index in [9.17, 15) is 4.79 Å². The first-order valence-electron chi connectivity index (χ1n) is 9.27. The zero-order chi connectivity index (χ0) is 18.6. The summed E-state index contributed by atoms with van der Waals surface area (Å²) in [5.41, 5.74) is 0.397. The Labute approximate surface area is 158 Å². The molecule has 2 aromatic rings. The van der Waals surface area contributed by atoms with Gasteiger partial charge in [-0.3, -0.25) is 4.79 Å². The summed E-state index contributed by atoms with van der Waals surface area (Å²) in [6.45, 7) is 6.98. The van der Waals surface area contributed by atoms with Crippen molar-refractivity contribution < 1.29 is 13.6 Å². The Kier molecular flexibility index (Phi) is 6.06. The van der Waals surface area contributed by atoms with E-state index in [1.165, 1.54) is 31.0 Å². The second kappa shape index (κ2) is 8.29. The monoisotopic (exact) mass is 377 g/mol. The maximum Gasteiger partial charge on any atom is 0.284 e. The van der Waals surface area contributed by atoms with E-state index in [0.29, 0.717) is 22.3 Å². The molecule has 0 saturated heterocycles. The first-order valence-corrected chi connectivity index (χ1v) is 10.3. The van der Waals surface area contributed by atoms with E-state index in [2.05, 4.69) is 36.3 Å². The molecule has 26 heavy (non-hydrogen) atoms. The van der Waals surface area contributed by atoms with E-state index in [4.69, 9.17) is 8.83 Å². The van der Waals surface area contributed by atoms with Crippen LogP contribution in [0.2, 0.25) is 0 Å². The molecule has 1 aliphatic rings. The molecule has 1 aliphatic carbocycles. The minimum atomic E-state index is 0.0194. The van der Waals surface area contributed by atoms with Crippen molar-refractivity contribution in [1.29, 1.82) is 0 Å². The summed E-state index contributed by atoms with van der Waals surface area (Å²) in [7, 11) is 0. The van der Waals surface area contributed by atoms with Crippen LogP contribution in [-0.4, -0.2) is 27.9 Å². The summed E-state index contributed by atoms with van der Waals surface area (Å²) in [6.07, 6.45) is 7.26. The van der Waals surface area contributed by atoms with E-state index >= 15 is 0 Å². The molecule has 7 heteroatoms. The van der Waals surface area contributed by atoms with Crippen molar-refractivity contribution in [2.75, 3.05) is 5.75 Å². The topological polar surface area (TPSA) is 81.2 Å². The minimum Gasteiger partial charge on any atom is -0.459 e. The van der Waals surface area contributed by atoms with Crippen LogP contribution < -0.4 is 5.32 Å². The van der Waals surface area contributed by atoms with Crippen LogP contribution >= 0.6 is 11.8 Å². The third kappa shape index (κ3) is 4.69. The molecule has 6 nitrogen and oxygen atoms in total. The highest BCUT2D eigenvalue weighted by Gasteiger charge is 2.32. The molecule has 0 unspecified atom stereocenters. The largest absolute Gasteiger partial charge is 0.459 e. The van der Waals surface area contributed by atoms with Gasteiger partial charge in [0.05, 0.1) is 12.0 Å². The summed E-state index contributed by atoms with van der Waals surface area (Å²) in [5.74, 6) is 1.91. The van der Waals surface area contributed by atoms with Crippen LogP contribution in [0.25, 0.3) is 11.7 Å². The van der Waals surface area contributed by atoms with Crippen LogP contribution in [0.4, 0.5) is 0 Å². The van der Waals surface area contributed by atoms with Gasteiger partial charge in [-0.2, -0.15) is 0 Å². The van der Waals surface area contributed by atoms with Gasteiger partial charge in [-0.15, -0.1) is 10.2 Å². The lowest BCUT2D eigenvalue weighted by atomic mass is 9.69. The highest BCUT2D eigenvalue weighted by Crippen LogP contribution is 2.40. The number of thioether (sulfide) groups is 1. The Bertz CT molecular complexity index is 703. The number of carbonyl (C=O) groups excluding carboxylic acids is 1. The summed E-state index contributed by atoms with van der Waals surface area (Å²) in [6, 6.07) is 3.80. The third-order valence-electron chi connectivity index (χ3n) is 5.57. The number of amides is 1. The Balaban J connectivity index is 1.41. The van der Waals surface area contributed by atoms with Gasteiger partial charge >= 0.3 is 0 Å². The number of nitrogens with one attached hydrogen (secondary N) is 1. The number of aromatic nitrogens is 2. The standard InChI is InChI=1S/C19H27N3O3S/c1-4-19(2,3)13-7-9-14(10-8-13)20-16(23)12-26-18-22-21-17(25-18)15-6-5-11-24-15/h5-6,11,13-14H,4,7-10,12H2,1-3H3,(H,20,23). The molecule has 3 rings (SSSR count). The Morgan fingerprint density at radius 3 is 2.73 bits per heavy atom. The first-order chi connectivity index (χ1) is 12.5. The molecule has 0 spiro atoms. The van der Waals surface area contributed by atoms with Gasteiger partial charge in [0, 0.05) is 6.04 Å². The van der Waals surface area contributed by atoms with Crippen molar-refractivity contribution in [3.05, 3.63) is 18.4 Å². The molecule has 0 bridgehead atoms. The van der Waals surface area contributed by atoms with Crippen molar-refractivity contribution >= 4 is 17.7 Å². The summed E-state index contributed by atoms with van der Waals surface area (Å²) in [5, 5.41) is 11.4. The smallest absolute Gasteiger partial charge is 0.284 e. The maximum atomic E-state index is 12.2. The lowest BCUT2D eigenvalue weighted by Gasteiger charge is -2.39. The molecule has 0 atom stereocenters. The molecule has 2 aromatic heterocycles. The van der Waals surface area contributed by atoms with Crippen LogP contribution in [0, 0.1) is 11.3 Å². The van der Waals surface area contributed by atoms with E-state index in [1.807, 2.05) is 0 Å². The average molecular weight is 378 g/mol. The number of hydrogen-bond acceptors (Lipinski definition) is 6. The maximum absolute atomic E-state index is 12.2. The summed E-state index contributed by atoms with van der Waals surface area (Å²) >= 11 is 1.25. The molecular weight excluding hydrogens is 350 g/mol. The number of nitrogens with zero attached hydrogens (tertiary/aromatic N) is 2. The number of hydrogen-bond donors (Lipinski definition) is 1. The van der Waals surface area contributed by atoms with Crippen LogP contribution in [0.5, 0.6) is 0 Å². The zero-order valence-corrected chi connectivity index (χ0v) is 16.5. The van der Waals surface area contributed by atoms with Crippen molar-refractivity contribution in [2.45, 2.75) is 64.1 Å². The van der Waals surface area contributed by atoms with E-state index in [0.717, 1.165) is 18.8 Å². The number of carbonyl (C=O) groups is 1. The summed E-state index contributed by atoms with van der Waals surface area (Å²) in [4.78, 5) is 12.2. The fourth-order valence-corrected chi connectivity index (χ4v) is 4.05. The molecule has 0 aromatic carbocycles. The summed E-state index contributed by atoms with van der Waals surface area (Å²) < 4.78 is 10.7. The van der Waals surface area contributed by atoms with Gasteiger partial charge in [0.15, 0.2) is 5.76 Å². The van der Waals surface area contributed by atoms with Gasteiger partial charge in [0.1, 0.15) is 0 Å². The van der Waals surface area contributed by atoms with Crippen LogP contribution in [-0.2, 0) is 4.79 Å². The predicted octanol–water partition coefficient (Wildman–Crippen LogP) is 4.53. The normalized spacial score (nSPS) is 20.9. The molecule has 2 heterocycles. The van der Waals surface area contributed by atoms with Gasteiger partial charge in [-0.25, -0.2) is 0 Å². The molecular formula is C19H27N3O3S. The quantitative estimate of drug-likeness (QED) is 0.714.